The summed E-state index contributed by atoms with van der Waals surface area (Å²) < 4.78 is 11.9. The van der Waals surface area contributed by atoms with E-state index in [0.717, 1.165) is 6.92 Å². The van der Waals surface area contributed by atoms with Crippen molar-refractivity contribution in [2.45, 2.75) is 31.6 Å². The Labute approximate surface area is 68.1 Å². The standard InChI is InChI=1S/C6H11FO5/c1-2(8)3(9)4(10)5(11)6(7)12/h2-3,5-6,8-9,11-12H,1H3/t2-,3+,5-,6?/m1/s1. The van der Waals surface area contributed by atoms with E-state index in [0.29, 0.717) is 0 Å². The molecule has 4 atom stereocenters. The fourth-order valence-electron chi connectivity index (χ4n) is 0.548. The second-order valence-corrected chi connectivity index (χ2v) is 2.41. The number of carbonyl (C=O) groups excluding carboxylic acids is 1. The largest absolute Gasteiger partial charge is 0.390 e. The van der Waals surface area contributed by atoms with Crippen LogP contribution in [0.2, 0.25) is 0 Å². The average Bonchev–Trinajstić information content (AvgIpc) is 2.00. The second kappa shape index (κ2) is 4.46. The molecule has 0 spiro atoms. The highest BCUT2D eigenvalue weighted by Crippen LogP contribution is 2.03. The van der Waals surface area contributed by atoms with Crippen LogP contribution in [0.25, 0.3) is 0 Å². The van der Waals surface area contributed by atoms with Gasteiger partial charge in [0.2, 0.25) is 6.36 Å². The van der Waals surface area contributed by atoms with E-state index < -0.39 is 30.5 Å². The minimum absolute atomic E-state index is 1.10. The van der Waals surface area contributed by atoms with E-state index in [-0.39, 0.29) is 0 Å². The van der Waals surface area contributed by atoms with E-state index in [2.05, 4.69) is 0 Å². The van der Waals surface area contributed by atoms with Crippen molar-refractivity contribution in [1.29, 1.82) is 0 Å². The molecule has 0 aliphatic carbocycles. The first-order valence-corrected chi connectivity index (χ1v) is 3.28. The monoisotopic (exact) mass is 182 g/mol. The number of ketones is 1. The maximum atomic E-state index is 11.9. The summed E-state index contributed by atoms with van der Waals surface area (Å²) in [7, 11) is 0. The third-order valence-electron chi connectivity index (χ3n) is 1.30. The lowest BCUT2D eigenvalue weighted by atomic mass is 10.1. The molecule has 0 aliphatic heterocycles. The molecular formula is C6H11FO5. The zero-order valence-electron chi connectivity index (χ0n) is 6.38. The van der Waals surface area contributed by atoms with Gasteiger partial charge in [0.05, 0.1) is 6.10 Å². The van der Waals surface area contributed by atoms with Gasteiger partial charge in [-0.3, -0.25) is 4.79 Å². The predicted octanol–water partition coefficient (Wildman–Crippen LogP) is -2.05. The van der Waals surface area contributed by atoms with Gasteiger partial charge in [-0.1, -0.05) is 0 Å². The molecule has 0 aromatic rings. The highest BCUT2D eigenvalue weighted by molar-refractivity contribution is 5.87. The third kappa shape index (κ3) is 2.82. The zero-order chi connectivity index (χ0) is 9.89. The smallest absolute Gasteiger partial charge is 0.229 e. The fraction of sp³-hybridized carbons (Fsp3) is 0.833. The van der Waals surface area contributed by atoms with E-state index in [4.69, 9.17) is 20.4 Å². The maximum Gasteiger partial charge on any atom is 0.229 e. The van der Waals surface area contributed by atoms with Crippen molar-refractivity contribution in [2.75, 3.05) is 0 Å². The molecule has 1 unspecified atom stereocenters. The summed E-state index contributed by atoms with van der Waals surface area (Å²) in [4.78, 5) is 10.7. The molecule has 5 nitrogen and oxygen atoms in total. The molecule has 0 heterocycles. The van der Waals surface area contributed by atoms with E-state index in [1.54, 1.807) is 0 Å². The third-order valence-corrected chi connectivity index (χ3v) is 1.30. The molecule has 72 valence electrons. The van der Waals surface area contributed by atoms with Crippen LogP contribution >= 0.6 is 0 Å². The summed E-state index contributed by atoms with van der Waals surface area (Å²) in [5.41, 5.74) is 0. The number of rotatable bonds is 4. The number of Topliss-reactive ketones (excluding diaryl/α,β-unsaturated/α-hetero) is 1. The van der Waals surface area contributed by atoms with Crippen LogP contribution < -0.4 is 0 Å². The molecule has 0 aliphatic rings. The zero-order valence-corrected chi connectivity index (χ0v) is 6.38. The summed E-state index contributed by atoms with van der Waals surface area (Å²) in [6.45, 7) is 1.10. The van der Waals surface area contributed by atoms with Crippen molar-refractivity contribution in [1.82, 2.24) is 0 Å². The van der Waals surface area contributed by atoms with Gasteiger partial charge in [0.1, 0.15) is 6.10 Å². The summed E-state index contributed by atoms with van der Waals surface area (Å²) in [6.07, 6.45) is -8.35. The van der Waals surface area contributed by atoms with E-state index in [9.17, 15) is 9.18 Å². The van der Waals surface area contributed by atoms with Crippen LogP contribution in [0, 0.1) is 0 Å². The molecule has 0 radical (unpaired) electrons. The lowest BCUT2D eigenvalue weighted by Gasteiger charge is -2.16. The highest BCUT2D eigenvalue weighted by Gasteiger charge is 2.31. The first kappa shape index (κ1) is 11.4. The Kier molecular flexibility index (Phi) is 4.25. The Morgan fingerprint density at radius 3 is 1.83 bits per heavy atom. The van der Waals surface area contributed by atoms with Gasteiger partial charge in [-0.15, -0.1) is 0 Å². The normalized spacial score (nSPS) is 21.2. The minimum atomic E-state index is -2.74. The Morgan fingerprint density at radius 1 is 1.17 bits per heavy atom. The Hall–Kier alpha value is -0.560. The van der Waals surface area contributed by atoms with E-state index in [1.165, 1.54) is 0 Å². The van der Waals surface area contributed by atoms with Crippen LogP contribution in [-0.4, -0.2) is 50.9 Å². The van der Waals surface area contributed by atoms with Crippen LogP contribution in [0.5, 0.6) is 0 Å². The van der Waals surface area contributed by atoms with Gasteiger partial charge in [0.25, 0.3) is 0 Å². The summed E-state index contributed by atoms with van der Waals surface area (Å²) in [5, 5.41) is 34.1. The van der Waals surface area contributed by atoms with Gasteiger partial charge in [0, 0.05) is 0 Å². The van der Waals surface area contributed by atoms with E-state index >= 15 is 0 Å². The summed E-state index contributed by atoms with van der Waals surface area (Å²) >= 11 is 0. The molecule has 0 saturated heterocycles. The topological polar surface area (TPSA) is 98.0 Å². The summed E-state index contributed by atoms with van der Waals surface area (Å²) in [5.74, 6) is -1.35. The van der Waals surface area contributed by atoms with Gasteiger partial charge >= 0.3 is 0 Å². The molecule has 0 bridgehead atoms. The maximum absolute atomic E-state index is 11.9. The number of halogens is 1. The minimum Gasteiger partial charge on any atom is -0.390 e. The van der Waals surface area contributed by atoms with Crippen LogP contribution in [-0.2, 0) is 4.79 Å². The molecule has 0 rings (SSSR count). The first-order valence-electron chi connectivity index (χ1n) is 3.28. The predicted molar refractivity (Wildman–Crippen MR) is 35.8 cm³/mol. The van der Waals surface area contributed by atoms with Crippen molar-refractivity contribution in [3.63, 3.8) is 0 Å². The van der Waals surface area contributed by atoms with Crippen molar-refractivity contribution < 1.29 is 29.6 Å². The van der Waals surface area contributed by atoms with Gasteiger partial charge in [-0.05, 0) is 6.92 Å². The molecule has 0 aromatic heterocycles. The second-order valence-electron chi connectivity index (χ2n) is 2.41. The van der Waals surface area contributed by atoms with Crippen LogP contribution in [0.15, 0.2) is 0 Å². The van der Waals surface area contributed by atoms with Gasteiger partial charge in [-0.2, -0.15) is 0 Å². The fourth-order valence-corrected chi connectivity index (χ4v) is 0.548. The lowest BCUT2D eigenvalue weighted by molar-refractivity contribution is -0.154. The van der Waals surface area contributed by atoms with Crippen molar-refractivity contribution in [2.24, 2.45) is 0 Å². The first-order chi connectivity index (χ1) is 5.37. The lowest BCUT2D eigenvalue weighted by Crippen LogP contribution is -2.43. The molecular weight excluding hydrogens is 171 g/mol. The van der Waals surface area contributed by atoms with Gasteiger partial charge < -0.3 is 20.4 Å². The number of hydrogen-bond acceptors (Lipinski definition) is 5. The number of aliphatic hydroxyl groups excluding tert-OH is 4. The van der Waals surface area contributed by atoms with Crippen LogP contribution in [0.3, 0.4) is 0 Å². The number of alkyl halides is 1. The van der Waals surface area contributed by atoms with Gasteiger partial charge in [-0.25, -0.2) is 4.39 Å². The van der Waals surface area contributed by atoms with Crippen molar-refractivity contribution >= 4 is 5.78 Å². The Morgan fingerprint density at radius 2 is 1.58 bits per heavy atom. The van der Waals surface area contributed by atoms with Crippen molar-refractivity contribution in [3.05, 3.63) is 0 Å². The summed E-state index contributed by atoms with van der Waals surface area (Å²) in [6, 6.07) is 0. The number of aliphatic hydroxyl groups is 4. The number of hydrogen-bond donors (Lipinski definition) is 4. The molecule has 0 aromatic carbocycles. The molecule has 12 heavy (non-hydrogen) atoms. The number of carbonyl (C=O) groups is 1. The SMILES string of the molecule is C[C@@H](O)[C@H](O)C(=O)[C@@H](O)C(O)F. The van der Waals surface area contributed by atoms with Crippen molar-refractivity contribution in [3.8, 4) is 0 Å². The molecule has 0 amide bonds. The molecule has 4 N–H and O–H groups in total. The average molecular weight is 182 g/mol. The Balaban J connectivity index is 4.19. The highest BCUT2D eigenvalue weighted by atomic mass is 19.1. The quantitative estimate of drug-likeness (QED) is 0.401. The van der Waals surface area contributed by atoms with Crippen LogP contribution in [0.4, 0.5) is 4.39 Å². The molecule has 0 fully saturated rings. The van der Waals surface area contributed by atoms with E-state index in [1.807, 2.05) is 0 Å². The Bertz CT molecular complexity index is 142. The van der Waals surface area contributed by atoms with Crippen LogP contribution in [0.1, 0.15) is 6.92 Å². The molecule has 0 saturated carbocycles. The van der Waals surface area contributed by atoms with Gasteiger partial charge in [0.15, 0.2) is 11.9 Å². The molecule has 6 heteroatoms.